The monoisotopic (exact) mass is 328 g/mol. The Bertz CT molecular complexity index is 877. The highest BCUT2D eigenvalue weighted by Gasteiger charge is 2.11. The molecule has 2 aromatic heterocycles. The zero-order valence-electron chi connectivity index (χ0n) is 9.88. The standard InChI is InChI=1S/C15H9BrN2S/c16-11-6-7-12-14(8-11)19-15-17-9-13(18(12)15)10-4-2-1-3-5-10/h1-9H. The molecule has 4 rings (SSSR count). The van der Waals surface area contributed by atoms with Gasteiger partial charge in [0.2, 0.25) is 0 Å². The van der Waals surface area contributed by atoms with Crippen LogP contribution in [0.1, 0.15) is 0 Å². The minimum Gasteiger partial charge on any atom is -0.283 e. The summed E-state index contributed by atoms with van der Waals surface area (Å²) in [5.74, 6) is 0. The summed E-state index contributed by atoms with van der Waals surface area (Å²) >= 11 is 5.23. The van der Waals surface area contributed by atoms with Gasteiger partial charge in [-0.2, -0.15) is 0 Å². The van der Waals surface area contributed by atoms with Gasteiger partial charge in [-0.3, -0.25) is 4.40 Å². The van der Waals surface area contributed by atoms with Crippen molar-refractivity contribution in [2.75, 3.05) is 0 Å². The van der Waals surface area contributed by atoms with Gasteiger partial charge in [0.25, 0.3) is 0 Å². The molecule has 0 aliphatic heterocycles. The predicted octanol–water partition coefficient (Wildman–Crippen LogP) is 4.98. The molecule has 0 aliphatic carbocycles. The van der Waals surface area contributed by atoms with Crippen molar-refractivity contribution >= 4 is 42.4 Å². The van der Waals surface area contributed by atoms with Gasteiger partial charge in [-0.15, -0.1) is 0 Å². The van der Waals surface area contributed by atoms with Crippen LogP contribution >= 0.6 is 27.3 Å². The minimum absolute atomic E-state index is 1.03. The van der Waals surface area contributed by atoms with Crippen LogP contribution in [0.2, 0.25) is 0 Å². The van der Waals surface area contributed by atoms with Crippen molar-refractivity contribution in [2.45, 2.75) is 0 Å². The fourth-order valence-corrected chi connectivity index (χ4v) is 3.86. The molecule has 0 saturated carbocycles. The van der Waals surface area contributed by atoms with Crippen LogP contribution in [-0.2, 0) is 0 Å². The number of nitrogens with zero attached hydrogens (tertiary/aromatic N) is 2. The highest BCUT2D eigenvalue weighted by molar-refractivity contribution is 9.10. The summed E-state index contributed by atoms with van der Waals surface area (Å²) < 4.78 is 4.57. The van der Waals surface area contributed by atoms with E-state index in [1.54, 1.807) is 11.3 Å². The Balaban J connectivity index is 2.10. The molecule has 0 spiro atoms. The molecule has 2 heterocycles. The van der Waals surface area contributed by atoms with Crippen LogP contribution in [0.15, 0.2) is 59.2 Å². The van der Waals surface area contributed by atoms with Crippen molar-refractivity contribution in [3.63, 3.8) is 0 Å². The van der Waals surface area contributed by atoms with Crippen LogP contribution in [0.5, 0.6) is 0 Å². The molecule has 4 heteroatoms. The van der Waals surface area contributed by atoms with Gasteiger partial charge >= 0.3 is 0 Å². The normalized spacial score (nSPS) is 11.4. The first-order chi connectivity index (χ1) is 9.33. The Labute approximate surface area is 122 Å². The molecule has 0 saturated heterocycles. The van der Waals surface area contributed by atoms with E-state index in [0.717, 1.165) is 15.1 Å². The van der Waals surface area contributed by atoms with E-state index in [1.165, 1.54) is 15.8 Å². The first kappa shape index (κ1) is 11.2. The summed E-state index contributed by atoms with van der Waals surface area (Å²) in [5.41, 5.74) is 3.54. The van der Waals surface area contributed by atoms with Crippen molar-refractivity contribution < 1.29 is 0 Å². The van der Waals surface area contributed by atoms with Crippen LogP contribution in [-0.4, -0.2) is 9.38 Å². The van der Waals surface area contributed by atoms with E-state index < -0.39 is 0 Å². The third-order valence-corrected chi connectivity index (χ3v) is 4.67. The van der Waals surface area contributed by atoms with Crippen LogP contribution < -0.4 is 0 Å². The summed E-state index contributed by atoms with van der Waals surface area (Å²) in [6.07, 6.45) is 1.95. The van der Waals surface area contributed by atoms with E-state index in [9.17, 15) is 0 Å². The molecule has 0 fully saturated rings. The van der Waals surface area contributed by atoms with E-state index >= 15 is 0 Å². The van der Waals surface area contributed by atoms with Crippen molar-refractivity contribution in [1.82, 2.24) is 9.38 Å². The molecule has 0 N–H and O–H groups in total. The quantitative estimate of drug-likeness (QED) is 0.481. The molecule has 2 nitrogen and oxygen atoms in total. The van der Waals surface area contributed by atoms with E-state index in [4.69, 9.17) is 0 Å². The number of hydrogen-bond acceptors (Lipinski definition) is 2. The van der Waals surface area contributed by atoms with E-state index in [0.29, 0.717) is 0 Å². The Morgan fingerprint density at radius 2 is 1.89 bits per heavy atom. The average molecular weight is 329 g/mol. The van der Waals surface area contributed by atoms with Gasteiger partial charge in [-0.1, -0.05) is 57.6 Å². The topological polar surface area (TPSA) is 17.3 Å². The first-order valence-corrected chi connectivity index (χ1v) is 7.55. The Hall–Kier alpha value is -1.65. The molecular formula is C15H9BrN2S. The maximum Gasteiger partial charge on any atom is 0.195 e. The highest BCUT2D eigenvalue weighted by atomic mass is 79.9. The lowest BCUT2D eigenvalue weighted by molar-refractivity contribution is 1.29. The van der Waals surface area contributed by atoms with Crippen LogP contribution in [0.4, 0.5) is 0 Å². The SMILES string of the molecule is Brc1ccc2c(c1)sc1ncc(-c3ccccc3)n12. The minimum atomic E-state index is 1.03. The van der Waals surface area contributed by atoms with Gasteiger partial charge in [0, 0.05) is 10.0 Å². The van der Waals surface area contributed by atoms with Crippen molar-refractivity contribution in [2.24, 2.45) is 0 Å². The zero-order chi connectivity index (χ0) is 12.8. The number of fused-ring (bicyclic) bond motifs is 3. The Kier molecular flexibility index (Phi) is 2.47. The number of thiazole rings is 1. The lowest BCUT2D eigenvalue weighted by atomic mass is 10.2. The molecule has 2 aromatic carbocycles. The Morgan fingerprint density at radius 1 is 1.05 bits per heavy atom. The largest absolute Gasteiger partial charge is 0.283 e. The summed E-state index contributed by atoms with van der Waals surface area (Å²) in [6, 6.07) is 16.7. The molecule has 19 heavy (non-hydrogen) atoms. The second-order valence-electron chi connectivity index (χ2n) is 4.34. The number of aromatic nitrogens is 2. The molecule has 92 valence electrons. The molecule has 0 amide bonds. The molecule has 4 aromatic rings. The van der Waals surface area contributed by atoms with Crippen molar-refractivity contribution in [1.29, 1.82) is 0 Å². The lowest BCUT2D eigenvalue weighted by Crippen LogP contribution is -1.85. The number of rotatable bonds is 1. The highest BCUT2D eigenvalue weighted by Crippen LogP contribution is 2.32. The van der Waals surface area contributed by atoms with E-state index in [2.05, 4.69) is 67.8 Å². The second-order valence-corrected chi connectivity index (χ2v) is 6.27. The van der Waals surface area contributed by atoms with Crippen LogP contribution in [0.3, 0.4) is 0 Å². The number of hydrogen-bond donors (Lipinski definition) is 0. The summed E-state index contributed by atoms with van der Waals surface area (Å²) in [6.45, 7) is 0. The predicted molar refractivity (Wildman–Crippen MR) is 83.7 cm³/mol. The first-order valence-electron chi connectivity index (χ1n) is 5.94. The molecule has 0 aliphatic rings. The van der Waals surface area contributed by atoms with E-state index in [1.807, 2.05) is 12.3 Å². The Morgan fingerprint density at radius 3 is 2.74 bits per heavy atom. The van der Waals surface area contributed by atoms with E-state index in [-0.39, 0.29) is 0 Å². The third-order valence-electron chi connectivity index (χ3n) is 3.16. The average Bonchev–Trinajstić information content (AvgIpc) is 2.97. The maximum absolute atomic E-state index is 4.53. The van der Waals surface area contributed by atoms with Crippen molar-refractivity contribution in [3.05, 3.63) is 59.2 Å². The molecule has 0 unspecified atom stereocenters. The van der Waals surface area contributed by atoms with Crippen LogP contribution in [0, 0.1) is 0 Å². The van der Waals surface area contributed by atoms with Crippen molar-refractivity contribution in [3.8, 4) is 11.3 Å². The molecule has 0 bridgehead atoms. The molecule has 0 radical (unpaired) electrons. The third kappa shape index (κ3) is 1.71. The lowest BCUT2D eigenvalue weighted by Gasteiger charge is -2.00. The number of imidazole rings is 1. The van der Waals surface area contributed by atoms with Gasteiger partial charge in [-0.05, 0) is 18.2 Å². The maximum atomic E-state index is 4.53. The van der Waals surface area contributed by atoms with Gasteiger partial charge in [0.15, 0.2) is 4.96 Å². The van der Waals surface area contributed by atoms with Gasteiger partial charge < -0.3 is 0 Å². The summed E-state index contributed by atoms with van der Waals surface area (Å²) in [5, 5.41) is 0. The fraction of sp³-hybridized carbons (Fsp3) is 0. The number of benzene rings is 2. The summed E-state index contributed by atoms with van der Waals surface area (Å²) in [4.78, 5) is 5.56. The molecule has 0 atom stereocenters. The second kappa shape index (κ2) is 4.18. The zero-order valence-corrected chi connectivity index (χ0v) is 12.3. The van der Waals surface area contributed by atoms with Gasteiger partial charge in [0.1, 0.15) is 0 Å². The van der Waals surface area contributed by atoms with Crippen LogP contribution in [0.25, 0.3) is 26.4 Å². The van der Waals surface area contributed by atoms with Gasteiger partial charge in [0.05, 0.1) is 22.1 Å². The smallest absolute Gasteiger partial charge is 0.195 e. The fourth-order valence-electron chi connectivity index (χ4n) is 2.31. The molecular weight excluding hydrogens is 320 g/mol. The summed E-state index contributed by atoms with van der Waals surface area (Å²) in [7, 11) is 0. The van der Waals surface area contributed by atoms with Gasteiger partial charge in [-0.25, -0.2) is 4.98 Å². The number of halogens is 1.